The maximum atomic E-state index is 2.83. The summed E-state index contributed by atoms with van der Waals surface area (Å²) in [5.41, 5.74) is 3.29. The molecular formula is C23H37N. The third-order valence-electron chi connectivity index (χ3n) is 6.31. The van der Waals surface area contributed by atoms with Gasteiger partial charge in [-0.15, -0.1) is 0 Å². The monoisotopic (exact) mass is 327 g/mol. The fraction of sp³-hybridized carbons (Fsp3) is 0.739. The van der Waals surface area contributed by atoms with Crippen LogP contribution in [0.1, 0.15) is 83.8 Å². The summed E-state index contributed by atoms with van der Waals surface area (Å²) in [5, 5.41) is 0. The van der Waals surface area contributed by atoms with Crippen molar-refractivity contribution in [2.24, 2.45) is 11.8 Å². The third-order valence-corrected chi connectivity index (χ3v) is 6.31. The van der Waals surface area contributed by atoms with Crippen molar-refractivity contribution in [1.29, 1.82) is 0 Å². The van der Waals surface area contributed by atoms with Gasteiger partial charge in [-0.05, 0) is 60.0 Å². The van der Waals surface area contributed by atoms with Gasteiger partial charge in [0.15, 0.2) is 0 Å². The Morgan fingerprint density at radius 3 is 2.08 bits per heavy atom. The summed E-state index contributed by atoms with van der Waals surface area (Å²) in [6.07, 6.45) is 6.98. The lowest BCUT2D eigenvalue weighted by Gasteiger charge is -2.43. The molecular weight excluding hydrogens is 290 g/mol. The summed E-state index contributed by atoms with van der Waals surface area (Å²) < 4.78 is 0. The second kappa shape index (κ2) is 7.20. The lowest BCUT2D eigenvalue weighted by Crippen LogP contribution is -2.46. The van der Waals surface area contributed by atoms with Crippen LogP contribution < -0.4 is 0 Å². The van der Waals surface area contributed by atoms with Crippen molar-refractivity contribution in [2.75, 3.05) is 13.1 Å². The van der Waals surface area contributed by atoms with Gasteiger partial charge in [0.2, 0.25) is 0 Å². The van der Waals surface area contributed by atoms with E-state index in [2.05, 4.69) is 63.8 Å². The topological polar surface area (TPSA) is 3.24 Å². The van der Waals surface area contributed by atoms with E-state index in [4.69, 9.17) is 0 Å². The number of hydrogen-bond donors (Lipinski definition) is 0. The van der Waals surface area contributed by atoms with Gasteiger partial charge in [0.05, 0.1) is 0 Å². The van der Waals surface area contributed by atoms with E-state index in [9.17, 15) is 0 Å². The summed E-state index contributed by atoms with van der Waals surface area (Å²) in [7, 11) is 0. The SMILES string of the molecule is C[C@@H]1C[C@H](C)CN([C@H]2CCC[C@H](c3ccc(C(C)(C)C)cc3)C2)C1. The van der Waals surface area contributed by atoms with E-state index in [1.807, 2.05) is 0 Å². The number of nitrogens with zero attached hydrogens (tertiary/aromatic N) is 1. The third kappa shape index (κ3) is 4.23. The van der Waals surface area contributed by atoms with Gasteiger partial charge in [0.1, 0.15) is 0 Å². The Kier molecular flexibility index (Phi) is 5.39. The van der Waals surface area contributed by atoms with Gasteiger partial charge >= 0.3 is 0 Å². The molecule has 0 unspecified atom stereocenters. The van der Waals surface area contributed by atoms with E-state index in [0.717, 1.165) is 23.8 Å². The zero-order chi connectivity index (χ0) is 17.3. The van der Waals surface area contributed by atoms with Crippen LogP contribution >= 0.6 is 0 Å². The predicted octanol–water partition coefficient (Wildman–Crippen LogP) is 5.99. The molecule has 0 spiro atoms. The summed E-state index contributed by atoms with van der Waals surface area (Å²) in [4.78, 5) is 2.83. The van der Waals surface area contributed by atoms with Crippen LogP contribution in [0.2, 0.25) is 0 Å². The first-order chi connectivity index (χ1) is 11.3. The molecule has 1 aromatic carbocycles. The van der Waals surface area contributed by atoms with Crippen molar-refractivity contribution in [1.82, 2.24) is 4.90 Å². The minimum atomic E-state index is 0.258. The largest absolute Gasteiger partial charge is 0.300 e. The van der Waals surface area contributed by atoms with Crippen molar-refractivity contribution in [3.05, 3.63) is 35.4 Å². The molecule has 0 N–H and O–H groups in total. The molecule has 2 aliphatic rings. The Morgan fingerprint density at radius 2 is 1.50 bits per heavy atom. The molecule has 1 aliphatic carbocycles. The first kappa shape index (κ1) is 18.0. The molecule has 0 aromatic heterocycles. The van der Waals surface area contributed by atoms with E-state index in [1.165, 1.54) is 50.8 Å². The van der Waals surface area contributed by atoms with Gasteiger partial charge in [0, 0.05) is 19.1 Å². The molecule has 1 nitrogen and oxygen atoms in total. The molecule has 3 rings (SSSR count). The smallest absolute Gasteiger partial charge is 0.0101 e. The molecule has 1 heterocycles. The highest BCUT2D eigenvalue weighted by molar-refractivity contribution is 5.30. The van der Waals surface area contributed by atoms with Crippen molar-refractivity contribution >= 4 is 0 Å². The van der Waals surface area contributed by atoms with Gasteiger partial charge in [-0.2, -0.15) is 0 Å². The minimum Gasteiger partial charge on any atom is -0.300 e. The van der Waals surface area contributed by atoms with E-state index in [1.54, 1.807) is 5.56 Å². The Bertz CT molecular complexity index is 514. The van der Waals surface area contributed by atoms with Crippen molar-refractivity contribution in [3.63, 3.8) is 0 Å². The van der Waals surface area contributed by atoms with Crippen LogP contribution in [0.25, 0.3) is 0 Å². The van der Waals surface area contributed by atoms with Gasteiger partial charge in [-0.3, -0.25) is 4.90 Å². The van der Waals surface area contributed by atoms with Crippen LogP contribution in [0, 0.1) is 11.8 Å². The molecule has 0 amide bonds. The van der Waals surface area contributed by atoms with Crippen LogP contribution in [-0.2, 0) is 5.41 Å². The zero-order valence-corrected chi connectivity index (χ0v) is 16.5. The van der Waals surface area contributed by atoms with Crippen LogP contribution in [0.15, 0.2) is 24.3 Å². The number of rotatable bonds is 2. The Labute approximate surface area is 149 Å². The second-order valence-electron chi connectivity index (χ2n) is 9.79. The summed E-state index contributed by atoms with van der Waals surface area (Å²) >= 11 is 0. The molecule has 134 valence electrons. The minimum absolute atomic E-state index is 0.258. The highest BCUT2D eigenvalue weighted by atomic mass is 15.2. The van der Waals surface area contributed by atoms with Gasteiger partial charge in [-0.1, -0.05) is 65.3 Å². The average molecular weight is 328 g/mol. The lowest BCUT2D eigenvalue weighted by atomic mass is 9.78. The van der Waals surface area contributed by atoms with E-state index < -0.39 is 0 Å². The average Bonchev–Trinajstić information content (AvgIpc) is 2.53. The molecule has 1 aromatic rings. The normalized spacial score (nSPS) is 32.7. The molecule has 24 heavy (non-hydrogen) atoms. The Balaban J connectivity index is 1.67. The van der Waals surface area contributed by atoms with Crippen LogP contribution in [0.3, 0.4) is 0 Å². The number of hydrogen-bond acceptors (Lipinski definition) is 1. The zero-order valence-electron chi connectivity index (χ0n) is 16.5. The van der Waals surface area contributed by atoms with Gasteiger partial charge in [-0.25, -0.2) is 0 Å². The maximum Gasteiger partial charge on any atom is 0.0101 e. The predicted molar refractivity (Wildman–Crippen MR) is 105 cm³/mol. The highest BCUT2D eigenvalue weighted by Crippen LogP contribution is 2.37. The van der Waals surface area contributed by atoms with Crippen LogP contribution in [0.5, 0.6) is 0 Å². The number of piperidine rings is 1. The Hall–Kier alpha value is -0.820. The molecule has 4 atom stereocenters. The van der Waals surface area contributed by atoms with E-state index >= 15 is 0 Å². The summed E-state index contributed by atoms with van der Waals surface area (Å²) in [6.45, 7) is 14.4. The molecule has 0 radical (unpaired) electrons. The summed E-state index contributed by atoms with van der Waals surface area (Å²) in [6, 6.07) is 10.4. The van der Waals surface area contributed by atoms with Gasteiger partial charge in [0.25, 0.3) is 0 Å². The highest BCUT2D eigenvalue weighted by Gasteiger charge is 2.31. The summed E-state index contributed by atoms with van der Waals surface area (Å²) in [5.74, 6) is 2.52. The molecule has 1 saturated carbocycles. The maximum absolute atomic E-state index is 2.83. The first-order valence-corrected chi connectivity index (χ1v) is 10.2. The van der Waals surface area contributed by atoms with Crippen molar-refractivity contribution in [2.45, 2.75) is 84.1 Å². The molecule has 2 fully saturated rings. The molecule has 1 heteroatoms. The quantitative estimate of drug-likeness (QED) is 0.645. The fourth-order valence-electron chi connectivity index (χ4n) is 5.06. The van der Waals surface area contributed by atoms with Crippen LogP contribution in [0.4, 0.5) is 0 Å². The molecule has 1 saturated heterocycles. The van der Waals surface area contributed by atoms with E-state index in [-0.39, 0.29) is 5.41 Å². The first-order valence-electron chi connectivity index (χ1n) is 10.2. The fourth-order valence-corrected chi connectivity index (χ4v) is 5.06. The van der Waals surface area contributed by atoms with Crippen LogP contribution in [-0.4, -0.2) is 24.0 Å². The Morgan fingerprint density at radius 1 is 0.875 bits per heavy atom. The standard InChI is InChI=1S/C23H37N/c1-17-13-18(2)16-24(15-17)22-8-6-7-20(14-22)19-9-11-21(12-10-19)23(3,4)5/h9-12,17-18,20,22H,6-8,13-16H2,1-5H3/t17-,18+,20-,22-/m0/s1. The number of benzene rings is 1. The van der Waals surface area contributed by atoms with Gasteiger partial charge < -0.3 is 0 Å². The lowest BCUT2D eigenvalue weighted by molar-refractivity contribution is 0.0711. The van der Waals surface area contributed by atoms with Crippen molar-refractivity contribution in [3.8, 4) is 0 Å². The second-order valence-corrected chi connectivity index (χ2v) is 9.79. The number of likely N-dealkylation sites (tertiary alicyclic amines) is 1. The molecule has 0 bridgehead atoms. The van der Waals surface area contributed by atoms with Crippen molar-refractivity contribution < 1.29 is 0 Å². The van der Waals surface area contributed by atoms with E-state index in [0.29, 0.717) is 0 Å². The molecule has 1 aliphatic heterocycles.